The second kappa shape index (κ2) is 8.89. The Hall–Kier alpha value is -1.59. The van der Waals surface area contributed by atoms with Crippen LogP contribution < -0.4 is 15.4 Å². The number of hydrogen-bond donors (Lipinski definition) is 2. The fraction of sp³-hybridized carbons (Fsp3) is 0.611. The summed E-state index contributed by atoms with van der Waals surface area (Å²) in [4.78, 5) is 12.1. The summed E-state index contributed by atoms with van der Waals surface area (Å²) in [5, 5.41) is 5.97. The zero-order chi connectivity index (χ0) is 16.7. The van der Waals surface area contributed by atoms with Crippen molar-refractivity contribution in [1.82, 2.24) is 5.32 Å². The lowest BCUT2D eigenvalue weighted by molar-refractivity contribution is -0.119. The summed E-state index contributed by atoms with van der Waals surface area (Å²) >= 11 is 0. The standard InChI is InChI=1S/C18H28N2O3/c1-13-4-5-16(20-18(21)14(2)11-19-3)10-17(13)23-12-15-6-8-22-9-7-15/h4-5,10,14-15,19H,6-9,11-12H2,1-3H3,(H,20,21). The molecule has 0 aromatic heterocycles. The molecule has 0 radical (unpaired) electrons. The van der Waals surface area contributed by atoms with Crippen molar-refractivity contribution in [2.24, 2.45) is 11.8 Å². The average molecular weight is 320 g/mol. The molecule has 0 saturated carbocycles. The van der Waals surface area contributed by atoms with E-state index in [1.807, 2.05) is 39.1 Å². The summed E-state index contributed by atoms with van der Waals surface area (Å²) in [5.41, 5.74) is 1.86. The van der Waals surface area contributed by atoms with Crippen molar-refractivity contribution < 1.29 is 14.3 Å². The summed E-state index contributed by atoms with van der Waals surface area (Å²) in [6.45, 7) is 6.94. The van der Waals surface area contributed by atoms with Crippen LogP contribution in [0.15, 0.2) is 18.2 Å². The third-order valence-corrected chi connectivity index (χ3v) is 4.23. The summed E-state index contributed by atoms with van der Waals surface area (Å²) in [6, 6.07) is 5.82. The summed E-state index contributed by atoms with van der Waals surface area (Å²) in [5.74, 6) is 1.33. The van der Waals surface area contributed by atoms with Crippen molar-refractivity contribution in [1.29, 1.82) is 0 Å². The van der Waals surface area contributed by atoms with Crippen molar-refractivity contribution in [3.8, 4) is 5.75 Å². The number of rotatable bonds is 7. The molecule has 1 aliphatic rings. The minimum atomic E-state index is -0.0760. The normalized spacial score (nSPS) is 16.8. The molecule has 5 heteroatoms. The van der Waals surface area contributed by atoms with E-state index in [4.69, 9.17) is 9.47 Å². The minimum Gasteiger partial charge on any atom is -0.493 e. The molecule has 0 spiro atoms. The molecule has 1 heterocycles. The highest BCUT2D eigenvalue weighted by atomic mass is 16.5. The first-order chi connectivity index (χ1) is 11.1. The number of benzene rings is 1. The minimum absolute atomic E-state index is 0.0126. The van der Waals surface area contributed by atoms with E-state index in [9.17, 15) is 4.79 Å². The second-order valence-electron chi connectivity index (χ2n) is 6.30. The van der Waals surface area contributed by atoms with Crippen molar-refractivity contribution in [3.05, 3.63) is 23.8 Å². The fourth-order valence-electron chi connectivity index (χ4n) is 2.62. The predicted molar refractivity (Wildman–Crippen MR) is 91.9 cm³/mol. The van der Waals surface area contributed by atoms with Crippen molar-refractivity contribution in [2.75, 3.05) is 38.7 Å². The quantitative estimate of drug-likeness (QED) is 0.811. The highest BCUT2D eigenvalue weighted by molar-refractivity contribution is 5.92. The molecule has 1 fully saturated rings. The van der Waals surface area contributed by atoms with Crippen LogP contribution in [-0.4, -0.2) is 39.3 Å². The van der Waals surface area contributed by atoms with Crippen molar-refractivity contribution in [2.45, 2.75) is 26.7 Å². The molecular formula is C18H28N2O3. The summed E-state index contributed by atoms with van der Waals surface area (Å²) < 4.78 is 11.4. The number of hydrogen-bond acceptors (Lipinski definition) is 4. The molecular weight excluding hydrogens is 292 g/mol. The van der Waals surface area contributed by atoms with Crippen LogP contribution in [0.3, 0.4) is 0 Å². The Bertz CT molecular complexity index is 513. The number of anilines is 1. The molecule has 2 N–H and O–H groups in total. The number of nitrogens with one attached hydrogen (secondary N) is 2. The third-order valence-electron chi connectivity index (χ3n) is 4.23. The van der Waals surface area contributed by atoms with Gasteiger partial charge in [-0.25, -0.2) is 0 Å². The molecule has 1 unspecified atom stereocenters. The monoisotopic (exact) mass is 320 g/mol. The van der Waals surface area contributed by atoms with E-state index in [2.05, 4.69) is 10.6 Å². The first-order valence-electron chi connectivity index (χ1n) is 8.36. The maximum absolute atomic E-state index is 12.1. The molecule has 2 rings (SSSR count). The van der Waals surface area contributed by atoms with E-state index in [0.717, 1.165) is 43.1 Å². The van der Waals surface area contributed by atoms with Crippen LogP contribution in [0.2, 0.25) is 0 Å². The van der Waals surface area contributed by atoms with Crippen LogP contribution in [-0.2, 0) is 9.53 Å². The van der Waals surface area contributed by atoms with Gasteiger partial charge in [-0.3, -0.25) is 4.79 Å². The summed E-state index contributed by atoms with van der Waals surface area (Å²) in [7, 11) is 1.85. The Labute approximate surface area is 138 Å². The van der Waals surface area contributed by atoms with E-state index in [1.165, 1.54) is 0 Å². The van der Waals surface area contributed by atoms with Gasteiger partial charge in [0.2, 0.25) is 5.91 Å². The van der Waals surface area contributed by atoms with Crippen molar-refractivity contribution in [3.63, 3.8) is 0 Å². The number of amides is 1. The maximum atomic E-state index is 12.1. The zero-order valence-electron chi connectivity index (χ0n) is 14.4. The van der Waals surface area contributed by atoms with E-state index >= 15 is 0 Å². The van der Waals surface area contributed by atoms with Gasteiger partial charge in [0.15, 0.2) is 0 Å². The predicted octanol–water partition coefficient (Wildman–Crippen LogP) is 2.59. The van der Waals surface area contributed by atoms with E-state index in [1.54, 1.807) is 0 Å². The van der Waals surface area contributed by atoms with Gasteiger partial charge in [0, 0.05) is 37.4 Å². The smallest absolute Gasteiger partial charge is 0.228 e. The molecule has 128 valence electrons. The van der Waals surface area contributed by atoms with Gasteiger partial charge in [-0.1, -0.05) is 13.0 Å². The van der Waals surface area contributed by atoms with Gasteiger partial charge in [-0.05, 0) is 44.4 Å². The van der Waals surface area contributed by atoms with Gasteiger partial charge in [0.25, 0.3) is 0 Å². The zero-order valence-corrected chi connectivity index (χ0v) is 14.4. The SMILES string of the molecule is CNCC(C)C(=O)Nc1ccc(C)c(OCC2CCOCC2)c1. The topological polar surface area (TPSA) is 59.6 Å². The molecule has 1 aromatic rings. The largest absolute Gasteiger partial charge is 0.493 e. The Morgan fingerprint density at radius 1 is 1.39 bits per heavy atom. The highest BCUT2D eigenvalue weighted by Gasteiger charge is 2.16. The molecule has 1 amide bonds. The lowest BCUT2D eigenvalue weighted by atomic mass is 10.0. The average Bonchev–Trinajstić information content (AvgIpc) is 2.56. The second-order valence-corrected chi connectivity index (χ2v) is 6.30. The number of aryl methyl sites for hydroxylation is 1. The lowest BCUT2D eigenvalue weighted by Crippen LogP contribution is -2.28. The molecule has 0 bridgehead atoms. The maximum Gasteiger partial charge on any atom is 0.228 e. The van der Waals surface area contributed by atoms with Gasteiger partial charge in [-0.15, -0.1) is 0 Å². The molecule has 1 aliphatic heterocycles. The molecule has 23 heavy (non-hydrogen) atoms. The number of carbonyl (C=O) groups excluding carboxylic acids is 1. The molecule has 1 saturated heterocycles. The van der Waals surface area contributed by atoms with Crippen LogP contribution in [0.4, 0.5) is 5.69 Å². The first kappa shape index (κ1) is 17.8. The first-order valence-corrected chi connectivity index (χ1v) is 8.36. The number of ether oxygens (including phenoxy) is 2. The Balaban J connectivity index is 1.93. The molecule has 5 nitrogen and oxygen atoms in total. The van der Waals surface area contributed by atoms with Crippen LogP contribution in [0.5, 0.6) is 5.75 Å². The number of carbonyl (C=O) groups is 1. The van der Waals surface area contributed by atoms with Gasteiger partial charge in [0.1, 0.15) is 5.75 Å². The van der Waals surface area contributed by atoms with Gasteiger partial charge in [-0.2, -0.15) is 0 Å². The Morgan fingerprint density at radius 3 is 2.83 bits per heavy atom. The van der Waals surface area contributed by atoms with E-state index in [-0.39, 0.29) is 11.8 Å². The summed E-state index contributed by atoms with van der Waals surface area (Å²) in [6.07, 6.45) is 2.11. The Kier molecular flexibility index (Phi) is 6.86. The van der Waals surface area contributed by atoms with Gasteiger partial charge >= 0.3 is 0 Å². The third kappa shape index (κ3) is 5.52. The van der Waals surface area contributed by atoms with Gasteiger partial charge < -0.3 is 20.1 Å². The molecule has 0 aliphatic carbocycles. The van der Waals surface area contributed by atoms with Crippen LogP contribution in [0, 0.1) is 18.8 Å². The Morgan fingerprint density at radius 2 is 2.13 bits per heavy atom. The molecule has 1 atom stereocenters. The van der Waals surface area contributed by atoms with E-state index in [0.29, 0.717) is 19.1 Å². The lowest BCUT2D eigenvalue weighted by Gasteiger charge is -2.22. The van der Waals surface area contributed by atoms with E-state index < -0.39 is 0 Å². The van der Waals surface area contributed by atoms with Crippen LogP contribution in [0.25, 0.3) is 0 Å². The van der Waals surface area contributed by atoms with Crippen LogP contribution in [0.1, 0.15) is 25.3 Å². The van der Waals surface area contributed by atoms with Crippen LogP contribution >= 0.6 is 0 Å². The van der Waals surface area contributed by atoms with Gasteiger partial charge in [0.05, 0.1) is 6.61 Å². The highest BCUT2D eigenvalue weighted by Crippen LogP contribution is 2.25. The molecule has 1 aromatic carbocycles. The fourth-order valence-corrected chi connectivity index (χ4v) is 2.62. The van der Waals surface area contributed by atoms with Crippen molar-refractivity contribution >= 4 is 11.6 Å².